The van der Waals surface area contributed by atoms with Gasteiger partial charge in [-0.25, -0.2) is 4.39 Å². The van der Waals surface area contributed by atoms with Gasteiger partial charge in [-0.15, -0.1) is 0 Å². The molecule has 0 aliphatic heterocycles. The van der Waals surface area contributed by atoms with Crippen molar-refractivity contribution < 1.29 is 24.2 Å². The molecular formula is C18H17Cl2FNO3+. The number of alkyl halides is 1. The zero-order valence-electron chi connectivity index (χ0n) is 13.3. The van der Waals surface area contributed by atoms with Crippen LogP contribution in [0.5, 0.6) is 0 Å². The molecule has 7 heteroatoms. The van der Waals surface area contributed by atoms with Crippen LogP contribution in [0.3, 0.4) is 0 Å². The lowest BCUT2D eigenvalue weighted by molar-refractivity contribution is -0.912. The van der Waals surface area contributed by atoms with E-state index in [2.05, 4.69) is 0 Å². The molecule has 0 spiro atoms. The van der Waals surface area contributed by atoms with Crippen molar-refractivity contribution in [1.29, 1.82) is 0 Å². The molecule has 0 bridgehead atoms. The van der Waals surface area contributed by atoms with Crippen LogP contribution in [0.1, 0.15) is 42.2 Å². The van der Waals surface area contributed by atoms with Crippen molar-refractivity contribution in [3.05, 3.63) is 63.4 Å². The number of aliphatic hydroxyl groups is 1. The zero-order chi connectivity index (χ0) is 18.2. The van der Waals surface area contributed by atoms with Crippen molar-refractivity contribution in [1.82, 2.24) is 0 Å². The summed E-state index contributed by atoms with van der Waals surface area (Å²) in [6, 6.07) is 7.82. The number of hydrogen-bond acceptors (Lipinski definition) is 3. The molecular weight excluding hydrogens is 368 g/mol. The molecule has 0 amide bonds. The van der Waals surface area contributed by atoms with E-state index in [0.29, 0.717) is 20.3 Å². The van der Waals surface area contributed by atoms with Gasteiger partial charge in [-0.1, -0.05) is 29.3 Å². The number of benzene rings is 1. The standard InChI is InChI=1S/C18H17Cl2FNO3/c19-12-5-3-11(14(20)10-12)4-6-16(24)18(21)8-7-15(23)17-13(18)2-1-9-22(17)25/h1-3,5,9-10,15,23,25H,4,6-8H2/q+1/t15-,18-/m0/s1. The number of aromatic nitrogens is 1. The molecule has 0 fully saturated rings. The Labute approximate surface area is 154 Å². The van der Waals surface area contributed by atoms with Gasteiger partial charge in [-0.2, -0.15) is 0 Å². The first-order valence-electron chi connectivity index (χ1n) is 7.91. The van der Waals surface area contributed by atoms with Crippen LogP contribution in [-0.4, -0.2) is 16.1 Å². The Morgan fingerprint density at radius 1 is 1.36 bits per heavy atom. The van der Waals surface area contributed by atoms with Crippen LogP contribution < -0.4 is 4.73 Å². The van der Waals surface area contributed by atoms with Crippen LogP contribution in [0.15, 0.2) is 36.5 Å². The van der Waals surface area contributed by atoms with Gasteiger partial charge in [-0.3, -0.25) is 10.0 Å². The predicted molar refractivity (Wildman–Crippen MR) is 90.6 cm³/mol. The fourth-order valence-corrected chi connectivity index (χ4v) is 3.75. The summed E-state index contributed by atoms with van der Waals surface area (Å²) in [6.07, 6.45) is 0.451. The van der Waals surface area contributed by atoms with E-state index in [1.807, 2.05) is 0 Å². The van der Waals surface area contributed by atoms with Gasteiger partial charge in [0.2, 0.25) is 6.20 Å². The third kappa shape index (κ3) is 3.36. The minimum atomic E-state index is -2.24. The van der Waals surface area contributed by atoms with Crippen molar-refractivity contribution in [2.45, 2.75) is 37.5 Å². The molecule has 0 saturated heterocycles. The number of aliphatic hydroxyl groups excluding tert-OH is 1. The van der Waals surface area contributed by atoms with E-state index in [0.717, 1.165) is 0 Å². The van der Waals surface area contributed by atoms with Crippen LogP contribution in [0.4, 0.5) is 4.39 Å². The molecule has 1 aromatic heterocycles. The van der Waals surface area contributed by atoms with Crippen molar-refractivity contribution in [3.8, 4) is 0 Å². The van der Waals surface area contributed by atoms with Gasteiger partial charge in [0, 0.05) is 27.3 Å². The first-order chi connectivity index (χ1) is 11.8. The van der Waals surface area contributed by atoms with Crippen LogP contribution in [0.2, 0.25) is 10.0 Å². The third-order valence-corrected chi connectivity index (χ3v) is 5.18. The monoisotopic (exact) mass is 384 g/mol. The molecule has 4 nitrogen and oxygen atoms in total. The van der Waals surface area contributed by atoms with E-state index in [4.69, 9.17) is 23.2 Å². The summed E-state index contributed by atoms with van der Waals surface area (Å²) in [7, 11) is 0. The summed E-state index contributed by atoms with van der Waals surface area (Å²) >= 11 is 11.9. The zero-order valence-corrected chi connectivity index (χ0v) is 14.8. The normalized spacial score (nSPS) is 22.5. The maximum absolute atomic E-state index is 15.5. The van der Waals surface area contributed by atoms with Crippen LogP contribution in [-0.2, 0) is 16.9 Å². The average Bonchev–Trinajstić information content (AvgIpc) is 2.57. The lowest BCUT2D eigenvalue weighted by atomic mass is 9.77. The first-order valence-corrected chi connectivity index (χ1v) is 8.67. The van der Waals surface area contributed by atoms with Crippen molar-refractivity contribution in [2.75, 3.05) is 0 Å². The molecule has 0 unspecified atom stereocenters. The number of nitrogens with zero attached hydrogens (tertiary/aromatic N) is 1. The summed E-state index contributed by atoms with van der Waals surface area (Å²) < 4.78 is 16.2. The van der Waals surface area contributed by atoms with E-state index < -0.39 is 17.6 Å². The second-order valence-electron chi connectivity index (χ2n) is 6.17. The Morgan fingerprint density at radius 3 is 2.84 bits per heavy atom. The average molecular weight is 385 g/mol. The summed E-state index contributed by atoms with van der Waals surface area (Å²) in [5.41, 5.74) is -1.49. The molecule has 132 valence electrons. The molecule has 1 aromatic carbocycles. The summed E-state index contributed by atoms with van der Waals surface area (Å²) in [5, 5.41) is 20.8. The number of carbonyl (C=O) groups excluding carboxylic acids is 1. The Kier molecular flexibility index (Phi) is 5.00. The SMILES string of the molecule is O=C(CCc1ccc(Cl)cc1Cl)[C@]1(F)CC[C@H](O)c2c1ccc[n+]2O. The van der Waals surface area contributed by atoms with Gasteiger partial charge in [0.05, 0.1) is 5.56 Å². The number of ketones is 1. The van der Waals surface area contributed by atoms with Crippen molar-refractivity contribution >= 4 is 29.0 Å². The molecule has 2 N–H and O–H groups in total. The van der Waals surface area contributed by atoms with E-state index in [-0.39, 0.29) is 36.9 Å². The van der Waals surface area contributed by atoms with Gasteiger partial charge in [-0.05, 0) is 43.0 Å². The van der Waals surface area contributed by atoms with E-state index in [9.17, 15) is 15.1 Å². The highest BCUT2D eigenvalue weighted by Gasteiger charge is 2.49. The number of carbonyl (C=O) groups is 1. The molecule has 1 heterocycles. The first kappa shape index (κ1) is 18.1. The summed E-state index contributed by atoms with van der Waals surface area (Å²) in [4.78, 5) is 12.6. The minimum Gasteiger partial charge on any atom is -0.382 e. The minimum absolute atomic E-state index is 0.0171. The highest BCUT2D eigenvalue weighted by atomic mass is 35.5. The molecule has 2 atom stereocenters. The molecule has 0 radical (unpaired) electrons. The van der Waals surface area contributed by atoms with Gasteiger partial charge in [0.1, 0.15) is 6.10 Å². The lowest BCUT2D eigenvalue weighted by Gasteiger charge is -2.30. The van der Waals surface area contributed by atoms with E-state index >= 15 is 4.39 Å². The van der Waals surface area contributed by atoms with Crippen LogP contribution >= 0.6 is 23.2 Å². The number of Topliss-reactive ketones (excluding diaryl/α,β-unsaturated/α-hetero) is 1. The van der Waals surface area contributed by atoms with Gasteiger partial charge < -0.3 is 5.11 Å². The molecule has 0 saturated carbocycles. The van der Waals surface area contributed by atoms with Crippen molar-refractivity contribution in [2.24, 2.45) is 0 Å². The summed E-state index contributed by atoms with van der Waals surface area (Å²) in [5.74, 6) is -0.599. The number of fused-ring (bicyclic) bond motifs is 1. The largest absolute Gasteiger partial charge is 0.382 e. The number of aryl methyl sites for hydroxylation is 1. The molecule has 3 rings (SSSR count). The highest BCUT2D eigenvalue weighted by Crippen LogP contribution is 2.43. The molecule has 25 heavy (non-hydrogen) atoms. The molecule has 1 aliphatic carbocycles. The molecule has 2 aromatic rings. The van der Waals surface area contributed by atoms with Crippen molar-refractivity contribution in [3.63, 3.8) is 0 Å². The lowest BCUT2D eigenvalue weighted by Crippen LogP contribution is -2.45. The summed E-state index contributed by atoms with van der Waals surface area (Å²) in [6.45, 7) is 0. The Hall–Kier alpha value is -1.69. The number of pyridine rings is 1. The van der Waals surface area contributed by atoms with Crippen LogP contribution in [0, 0.1) is 0 Å². The number of rotatable bonds is 4. The van der Waals surface area contributed by atoms with E-state index in [1.54, 1.807) is 18.2 Å². The number of halogens is 3. The van der Waals surface area contributed by atoms with Gasteiger partial charge in [0.25, 0.3) is 5.69 Å². The van der Waals surface area contributed by atoms with Crippen LogP contribution in [0.25, 0.3) is 0 Å². The topological polar surface area (TPSA) is 61.4 Å². The van der Waals surface area contributed by atoms with Gasteiger partial charge >= 0.3 is 0 Å². The Balaban J connectivity index is 1.85. The Bertz CT molecular complexity index is 830. The van der Waals surface area contributed by atoms with E-state index in [1.165, 1.54) is 18.3 Å². The maximum atomic E-state index is 15.5. The highest BCUT2D eigenvalue weighted by molar-refractivity contribution is 6.35. The molecule has 1 aliphatic rings. The Morgan fingerprint density at radius 2 is 2.12 bits per heavy atom. The second-order valence-corrected chi connectivity index (χ2v) is 7.01. The second kappa shape index (κ2) is 6.90. The predicted octanol–water partition coefficient (Wildman–Crippen LogP) is 3.71. The fraction of sp³-hybridized carbons (Fsp3) is 0.333. The number of hydrogen-bond donors (Lipinski definition) is 2. The third-order valence-electron chi connectivity index (χ3n) is 4.60. The smallest absolute Gasteiger partial charge is 0.269 e. The quantitative estimate of drug-likeness (QED) is 0.623. The maximum Gasteiger partial charge on any atom is 0.269 e. The fourth-order valence-electron chi connectivity index (χ4n) is 3.24. The van der Waals surface area contributed by atoms with Gasteiger partial charge in [0.15, 0.2) is 11.5 Å².